The van der Waals surface area contributed by atoms with Crippen molar-refractivity contribution in [3.05, 3.63) is 59.7 Å². The van der Waals surface area contributed by atoms with Crippen molar-refractivity contribution in [2.75, 3.05) is 13.6 Å². The largest absolute Gasteiger partial charge is 0.349 e. The maximum Gasteiger partial charge on any atom is 0.221 e. The van der Waals surface area contributed by atoms with Crippen LogP contribution in [0.4, 0.5) is 0 Å². The minimum Gasteiger partial charge on any atom is -0.349 e. The fourth-order valence-electron chi connectivity index (χ4n) is 2.67. The van der Waals surface area contributed by atoms with Crippen molar-refractivity contribution in [2.24, 2.45) is 0 Å². The Morgan fingerprint density at radius 3 is 2.96 bits per heavy atom. The van der Waals surface area contributed by atoms with Crippen molar-refractivity contribution in [2.45, 2.75) is 26.4 Å². The van der Waals surface area contributed by atoms with Crippen LogP contribution in [0.5, 0.6) is 0 Å². The Morgan fingerprint density at radius 2 is 2.16 bits per heavy atom. The van der Waals surface area contributed by atoms with E-state index in [9.17, 15) is 4.79 Å². The zero-order chi connectivity index (χ0) is 17.6. The van der Waals surface area contributed by atoms with Crippen LogP contribution in [0.15, 0.2) is 42.6 Å². The van der Waals surface area contributed by atoms with Crippen molar-refractivity contribution in [1.29, 1.82) is 0 Å². The molecule has 0 aliphatic rings. The van der Waals surface area contributed by atoms with E-state index in [0.717, 1.165) is 29.1 Å². The van der Waals surface area contributed by atoms with Gasteiger partial charge in [-0.05, 0) is 43.8 Å². The number of imidazole rings is 1. The number of aromatic amines is 1. The van der Waals surface area contributed by atoms with Gasteiger partial charge in [0.05, 0.1) is 23.3 Å². The summed E-state index contributed by atoms with van der Waals surface area (Å²) in [7, 11) is 1.99. The molecule has 2 N–H and O–H groups in total. The van der Waals surface area contributed by atoms with E-state index in [-0.39, 0.29) is 5.91 Å². The average Bonchev–Trinajstić information content (AvgIpc) is 3.01. The normalized spacial score (nSPS) is 11.2. The van der Waals surface area contributed by atoms with E-state index in [1.807, 2.05) is 44.3 Å². The summed E-state index contributed by atoms with van der Waals surface area (Å²) in [6, 6.07) is 11.9. The molecule has 0 atom stereocenters. The molecular weight excluding hydrogens is 314 g/mol. The number of aryl methyl sites for hydroxylation is 1. The molecule has 0 bridgehead atoms. The highest BCUT2D eigenvalue weighted by atomic mass is 16.1. The van der Waals surface area contributed by atoms with Gasteiger partial charge < -0.3 is 15.2 Å². The fourth-order valence-corrected chi connectivity index (χ4v) is 2.67. The Morgan fingerprint density at radius 1 is 1.28 bits per heavy atom. The first-order chi connectivity index (χ1) is 12.1. The first-order valence-electron chi connectivity index (χ1n) is 8.40. The molecule has 2 heterocycles. The van der Waals surface area contributed by atoms with E-state index in [1.54, 1.807) is 6.20 Å². The summed E-state index contributed by atoms with van der Waals surface area (Å²) < 4.78 is 0. The van der Waals surface area contributed by atoms with E-state index in [1.165, 1.54) is 5.56 Å². The van der Waals surface area contributed by atoms with Gasteiger partial charge in [-0.25, -0.2) is 4.98 Å². The molecule has 0 aliphatic heterocycles. The molecule has 0 radical (unpaired) electrons. The molecule has 0 aliphatic carbocycles. The van der Waals surface area contributed by atoms with Gasteiger partial charge in [0, 0.05) is 25.7 Å². The van der Waals surface area contributed by atoms with Crippen molar-refractivity contribution in [1.82, 2.24) is 25.2 Å². The first kappa shape index (κ1) is 17.1. The fraction of sp³-hybridized carbons (Fsp3) is 0.316. The molecule has 6 nitrogen and oxygen atoms in total. The zero-order valence-corrected chi connectivity index (χ0v) is 14.6. The van der Waals surface area contributed by atoms with Gasteiger partial charge in [0.25, 0.3) is 0 Å². The summed E-state index contributed by atoms with van der Waals surface area (Å²) in [5.74, 6) is 0.792. The van der Waals surface area contributed by atoms with Crippen molar-refractivity contribution < 1.29 is 4.79 Å². The lowest BCUT2D eigenvalue weighted by atomic mass is 10.2. The third-order valence-corrected chi connectivity index (χ3v) is 4.02. The summed E-state index contributed by atoms with van der Waals surface area (Å²) in [6.07, 6.45) is 2.23. The molecule has 0 saturated carbocycles. The molecule has 3 rings (SSSR count). The summed E-state index contributed by atoms with van der Waals surface area (Å²) in [5, 5.41) is 2.92. The smallest absolute Gasteiger partial charge is 0.221 e. The molecule has 25 heavy (non-hydrogen) atoms. The number of carbonyl (C=O) groups is 1. The van der Waals surface area contributed by atoms with E-state index in [0.29, 0.717) is 19.5 Å². The minimum atomic E-state index is 0.0181. The molecule has 2 aromatic heterocycles. The molecule has 1 aromatic carbocycles. The summed E-state index contributed by atoms with van der Waals surface area (Å²) in [5.41, 5.74) is 4.11. The highest BCUT2D eigenvalue weighted by Gasteiger charge is 2.08. The highest BCUT2D eigenvalue weighted by molar-refractivity contribution is 5.77. The average molecular weight is 337 g/mol. The van der Waals surface area contributed by atoms with Gasteiger partial charge in [-0.3, -0.25) is 9.78 Å². The third kappa shape index (κ3) is 4.87. The van der Waals surface area contributed by atoms with E-state index in [4.69, 9.17) is 0 Å². The molecule has 0 spiro atoms. The Hall–Kier alpha value is -2.73. The molecule has 130 valence electrons. The van der Waals surface area contributed by atoms with Crippen LogP contribution < -0.4 is 5.32 Å². The maximum absolute atomic E-state index is 12.0. The number of amides is 1. The molecule has 3 aromatic rings. The van der Waals surface area contributed by atoms with Gasteiger partial charge in [-0.2, -0.15) is 0 Å². The number of hydrogen-bond acceptors (Lipinski definition) is 4. The second kappa shape index (κ2) is 7.90. The Labute approximate surface area is 147 Å². The van der Waals surface area contributed by atoms with Crippen LogP contribution >= 0.6 is 0 Å². The number of fused-ring (bicyclic) bond motifs is 1. The van der Waals surface area contributed by atoms with Crippen molar-refractivity contribution in [3.8, 4) is 0 Å². The van der Waals surface area contributed by atoms with Crippen LogP contribution in [0.25, 0.3) is 11.0 Å². The standard InChI is InChI=1S/C19H23N5O/c1-14-6-7-16-17(11-14)23-18(22-16)12-21-19(25)8-10-24(2)13-15-5-3-4-9-20-15/h3-7,9,11H,8,10,12-13H2,1-2H3,(H,21,25)(H,22,23). The molecule has 0 fully saturated rings. The van der Waals surface area contributed by atoms with Crippen molar-refractivity contribution >= 4 is 16.9 Å². The van der Waals surface area contributed by atoms with Gasteiger partial charge in [0.2, 0.25) is 5.91 Å². The Balaban J connectivity index is 1.44. The van der Waals surface area contributed by atoms with Gasteiger partial charge in [0.15, 0.2) is 0 Å². The topological polar surface area (TPSA) is 73.9 Å². The van der Waals surface area contributed by atoms with E-state index in [2.05, 4.69) is 31.2 Å². The summed E-state index contributed by atoms with van der Waals surface area (Å²) in [4.78, 5) is 26.2. The lowest BCUT2D eigenvalue weighted by molar-refractivity contribution is -0.121. The lowest BCUT2D eigenvalue weighted by Crippen LogP contribution is -2.28. The molecule has 0 saturated heterocycles. The van der Waals surface area contributed by atoms with Crippen molar-refractivity contribution in [3.63, 3.8) is 0 Å². The SMILES string of the molecule is Cc1ccc2nc(CNC(=O)CCN(C)Cc3ccccn3)[nH]c2c1. The summed E-state index contributed by atoms with van der Waals surface area (Å²) >= 11 is 0. The second-order valence-corrected chi connectivity index (χ2v) is 6.29. The van der Waals surface area contributed by atoms with Crippen LogP contribution in [0.2, 0.25) is 0 Å². The van der Waals surface area contributed by atoms with Gasteiger partial charge in [-0.15, -0.1) is 0 Å². The number of pyridine rings is 1. The number of nitrogens with one attached hydrogen (secondary N) is 2. The quantitative estimate of drug-likeness (QED) is 0.694. The van der Waals surface area contributed by atoms with Gasteiger partial charge >= 0.3 is 0 Å². The predicted molar refractivity (Wildman–Crippen MR) is 97.9 cm³/mol. The zero-order valence-electron chi connectivity index (χ0n) is 14.6. The number of aromatic nitrogens is 3. The number of hydrogen-bond donors (Lipinski definition) is 2. The van der Waals surface area contributed by atoms with Crippen LogP contribution in [0.3, 0.4) is 0 Å². The molecule has 6 heteroatoms. The van der Waals surface area contributed by atoms with E-state index < -0.39 is 0 Å². The second-order valence-electron chi connectivity index (χ2n) is 6.29. The number of benzene rings is 1. The number of H-pyrrole nitrogens is 1. The van der Waals surface area contributed by atoms with Crippen LogP contribution in [-0.2, 0) is 17.9 Å². The molecule has 1 amide bonds. The monoisotopic (exact) mass is 337 g/mol. The van der Waals surface area contributed by atoms with Crippen LogP contribution in [0.1, 0.15) is 23.5 Å². The Kier molecular flexibility index (Phi) is 5.40. The Bertz CT molecular complexity index is 843. The highest BCUT2D eigenvalue weighted by Crippen LogP contribution is 2.13. The third-order valence-electron chi connectivity index (χ3n) is 4.02. The molecular formula is C19H23N5O. The lowest BCUT2D eigenvalue weighted by Gasteiger charge is -2.15. The van der Waals surface area contributed by atoms with Crippen LogP contribution in [0, 0.1) is 6.92 Å². The first-order valence-corrected chi connectivity index (χ1v) is 8.40. The number of nitrogens with zero attached hydrogens (tertiary/aromatic N) is 3. The number of carbonyl (C=O) groups excluding carboxylic acids is 1. The maximum atomic E-state index is 12.0. The minimum absolute atomic E-state index is 0.0181. The van der Waals surface area contributed by atoms with E-state index >= 15 is 0 Å². The van der Waals surface area contributed by atoms with Gasteiger partial charge in [0.1, 0.15) is 5.82 Å². The summed E-state index contributed by atoms with van der Waals surface area (Å²) in [6.45, 7) is 3.87. The molecule has 0 unspecified atom stereocenters. The number of rotatable bonds is 7. The predicted octanol–water partition coefficient (Wildman–Crippen LogP) is 2.40. The van der Waals surface area contributed by atoms with Gasteiger partial charge in [-0.1, -0.05) is 12.1 Å². The van der Waals surface area contributed by atoms with Crippen LogP contribution in [-0.4, -0.2) is 39.4 Å².